The monoisotopic (exact) mass is 404 g/mol. The highest BCUT2D eigenvalue weighted by atomic mass is 32.1. The minimum Gasteiger partial charge on any atom is -0.486 e. The summed E-state index contributed by atoms with van der Waals surface area (Å²) in [7, 11) is 0. The molecule has 0 radical (unpaired) electrons. The number of rotatable bonds is 5. The maximum Gasteiger partial charge on any atom is 0.281 e. The van der Waals surface area contributed by atoms with E-state index in [9.17, 15) is 4.79 Å². The fraction of sp³-hybridized carbons (Fsp3) is 0.130. The van der Waals surface area contributed by atoms with E-state index < -0.39 is 0 Å². The molecule has 5 nitrogen and oxygen atoms in total. The van der Waals surface area contributed by atoms with Gasteiger partial charge in [0.15, 0.2) is 5.11 Å². The highest BCUT2D eigenvalue weighted by molar-refractivity contribution is 7.80. The number of aryl methyl sites for hydroxylation is 2. The van der Waals surface area contributed by atoms with Crippen molar-refractivity contribution in [1.82, 2.24) is 5.32 Å². The van der Waals surface area contributed by atoms with Crippen LogP contribution in [0.5, 0.6) is 5.75 Å². The Morgan fingerprint density at radius 2 is 1.79 bits per heavy atom. The Hall–Kier alpha value is -3.38. The quantitative estimate of drug-likeness (QED) is 0.492. The fourth-order valence-electron chi connectivity index (χ4n) is 3.21. The molecule has 1 saturated heterocycles. The van der Waals surface area contributed by atoms with E-state index in [1.54, 1.807) is 12.1 Å². The average molecular weight is 404 g/mol. The predicted molar refractivity (Wildman–Crippen MR) is 117 cm³/mol. The van der Waals surface area contributed by atoms with E-state index in [1.807, 2.05) is 62.4 Å². The summed E-state index contributed by atoms with van der Waals surface area (Å²) in [6.07, 6.45) is 1.65. The summed E-state index contributed by atoms with van der Waals surface area (Å²) in [6, 6.07) is 19.0. The van der Waals surface area contributed by atoms with E-state index in [2.05, 4.69) is 11.4 Å². The zero-order valence-electron chi connectivity index (χ0n) is 16.1. The third-order valence-corrected chi connectivity index (χ3v) is 4.72. The van der Waals surface area contributed by atoms with Gasteiger partial charge in [-0.25, -0.2) is 0 Å². The van der Waals surface area contributed by atoms with Gasteiger partial charge in [0, 0.05) is 6.08 Å². The van der Waals surface area contributed by atoms with Crippen molar-refractivity contribution in [3.63, 3.8) is 0 Å². The molecule has 0 spiro atoms. The first kappa shape index (κ1) is 19.0. The van der Waals surface area contributed by atoms with Crippen LogP contribution in [0.2, 0.25) is 0 Å². The summed E-state index contributed by atoms with van der Waals surface area (Å²) in [5.41, 5.74) is 3.39. The number of hydrogen-bond acceptors (Lipinski definition) is 4. The zero-order valence-corrected chi connectivity index (χ0v) is 17.0. The molecular formula is C23H20N2O3S. The number of para-hydroxylation sites is 1. The first-order valence-corrected chi connectivity index (χ1v) is 9.62. The topological polar surface area (TPSA) is 54.7 Å². The van der Waals surface area contributed by atoms with Crippen LogP contribution in [0.4, 0.5) is 5.69 Å². The normalized spacial score (nSPS) is 15.1. The van der Waals surface area contributed by atoms with Crippen LogP contribution in [-0.2, 0) is 11.4 Å². The molecule has 0 atom stereocenters. The van der Waals surface area contributed by atoms with Gasteiger partial charge in [0.25, 0.3) is 5.91 Å². The van der Waals surface area contributed by atoms with Gasteiger partial charge in [-0.15, -0.1) is 0 Å². The van der Waals surface area contributed by atoms with E-state index in [0.29, 0.717) is 28.9 Å². The van der Waals surface area contributed by atoms with Gasteiger partial charge in [-0.2, -0.15) is 0 Å². The second kappa shape index (κ2) is 7.93. The summed E-state index contributed by atoms with van der Waals surface area (Å²) >= 11 is 5.32. The average Bonchev–Trinajstić information content (AvgIpc) is 3.24. The van der Waals surface area contributed by atoms with Crippen LogP contribution in [0.15, 0.2) is 70.8 Å². The molecule has 4 rings (SSSR count). The number of carbonyl (C=O) groups is 1. The van der Waals surface area contributed by atoms with Crippen LogP contribution in [0, 0.1) is 13.8 Å². The number of benzene rings is 2. The molecule has 3 aromatic rings. The fourth-order valence-corrected chi connectivity index (χ4v) is 3.51. The van der Waals surface area contributed by atoms with Gasteiger partial charge >= 0.3 is 0 Å². The molecular weight excluding hydrogens is 384 g/mol. The Balaban J connectivity index is 1.46. The first-order valence-electron chi connectivity index (χ1n) is 9.21. The number of thiocarbonyl (C=S) groups is 1. The Morgan fingerprint density at radius 1 is 1.07 bits per heavy atom. The summed E-state index contributed by atoms with van der Waals surface area (Å²) in [5, 5.41) is 3.30. The van der Waals surface area contributed by atoms with Gasteiger partial charge in [-0.1, -0.05) is 24.3 Å². The smallest absolute Gasteiger partial charge is 0.281 e. The Morgan fingerprint density at radius 3 is 2.52 bits per heavy atom. The Labute approximate surface area is 174 Å². The lowest BCUT2D eigenvalue weighted by molar-refractivity contribution is -0.113. The molecule has 1 aliphatic rings. The Bertz CT molecular complexity index is 1080. The first-order chi connectivity index (χ1) is 14.0. The van der Waals surface area contributed by atoms with Gasteiger partial charge in [-0.3, -0.25) is 9.69 Å². The summed E-state index contributed by atoms with van der Waals surface area (Å²) in [5.74, 6) is 1.81. The van der Waals surface area contributed by atoms with Crippen LogP contribution in [0.25, 0.3) is 6.08 Å². The number of amides is 1. The van der Waals surface area contributed by atoms with Crippen LogP contribution >= 0.6 is 12.2 Å². The van der Waals surface area contributed by atoms with Crippen molar-refractivity contribution in [1.29, 1.82) is 0 Å². The number of carbonyl (C=O) groups excluding carboxylic acids is 1. The summed E-state index contributed by atoms with van der Waals surface area (Å²) in [4.78, 5) is 14.2. The van der Waals surface area contributed by atoms with E-state index in [-0.39, 0.29) is 5.91 Å². The molecule has 29 heavy (non-hydrogen) atoms. The third kappa shape index (κ3) is 4.22. The maximum absolute atomic E-state index is 12.7. The second-order valence-electron chi connectivity index (χ2n) is 6.88. The van der Waals surface area contributed by atoms with Gasteiger partial charge in [0.05, 0.1) is 5.69 Å². The molecule has 6 heteroatoms. The standard InChI is InChI=1S/C23H20N2O3S/c1-15-10-16(2)12-20(11-15)27-14-19-9-8-18(28-19)13-21-22(26)25(23(29)24-21)17-6-4-3-5-7-17/h3-13H,14H2,1-2H3,(H,24,29)/b21-13+. The lowest BCUT2D eigenvalue weighted by atomic mass is 10.1. The lowest BCUT2D eigenvalue weighted by Gasteiger charge is -2.13. The summed E-state index contributed by atoms with van der Waals surface area (Å²) < 4.78 is 11.6. The van der Waals surface area contributed by atoms with Gasteiger partial charge in [0.2, 0.25) is 0 Å². The number of ether oxygens (including phenoxy) is 1. The number of furan rings is 1. The molecule has 1 N–H and O–H groups in total. The van der Waals surface area contributed by atoms with E-state index in [1.165, 1.54) is 4.90 Å². The zero-order chi connectivity index (χ0) is 20.4. The van der Waals surface area contributed by atoms with E-state index in [0.717, 1.165) is 22.6 Å². The number of hydrogen-bond donors (Lipinski definition) is 1. The summed E-state index contributed by atoms with van der Waals surface area (Å²) in [6.45, 7) is 4.37. The van der Waals surface area contributed by atoms with Crippen molar-refractivity contribution in [2.75, 3.05) is 4.90 Å². The van der Waals surface area contributed by atoms with Crippen molar-refractivity contribution in [3.05, 3.63) is 89.0 Å². The van der Waals surface area contributed by atoms with Crippen molar-refractivity contribution in [2.45, 2.75) is 20.5 Å². The van der Waals surface area contributed by atoms with Crippen LogP contribution in [0.1, 0.15) is 22.6 Å². The van der Waals surface area contributed by atoms with Gasteiger partial charge in [0.1, 0.15) is 29.6 Å². The van der Waals surface area contributed by atoms with Gasteiger partial charge in [-0.05, 0) is 73.6 Å². The van der Waals surface area contributed by atoms with Crippen LogP contribution in [-0.4, -0.2) is 11.0 Å². The predicted octanol–water partition coefficient (Wildman–Crippen LogP) is 4.74. The molecule has 1 aliphatic heterocycles. The molecule has 1 fully saturated rings. The molecule has 0 aliphatic carbocycles. The number of nitrogens with zero attached hydrogens (tertiary/aromatic N) is 1. The van der Waals surface area contributed by atoms with E-state index >= 15 is 0 Å². The van der Waals surface area contributed by atoms with E-state index in [4.69, 9.17) is 21.4 Å². The SMILES string of the molecule is Cc1cc(C)cc(OCc2ccc(/C=C3/NC(=S)N(c4ccccc4)C3=O)o2)c1. The Kier molecular flexibility index (Phi) is 5.18. The van der Waals surface area contributed by atoms with Gasteiger partial charge < -0.3 is 14.5 Å². The number of nitrogens with one attached hydrogen (secondary N) is 1. The highest BCUT2D eigenvalue weighted by Crippen LogP contribution is 2.23. The van der Waals surface area contributed by atoms with Crippen LogP contribution in [0.3, 0.4) is 0 Å². The lowest BCUT2D eigenvalue weighted by Crippen LogP contribution is -2.30. The van der Waals surface area contributed by atoms with Crippen molar-refractivity contribution in [2.24, 2.45) is 0 Å². The molecule has 2 heterocycles. The minimum absolute atomic E-state index is 0.217. The molecule has 0 saturated carbocycles. The van der Waals surface area contributed by atoms with Crippen molar-refractivity contribution in [3.8, 4) is 5.75 Å². The molecule has 0 bridgehead atoms. The third-order valence-electron chi connectivity index (χ3n) is 4.44. The van der Waals surface area contributed by atoms with Crippen LogP contribution < -0.4 is 15.0 Å². The van der Waals surface area contributed by atoms with Crippen molar-refractivity contribution >= 4 is 35.0 Å². The number of anilines is 1. The largest absolute Gasteiger partial charge is 0.486 e. The highest BCUT2D eigenvalue weighted by Gasteiger charge is 2.32. The molecule has 0 unspecified atom stereocenters. The molecule has 1 amide bonds. The molecule has 2 aromatic carbocycles. The molecule has 146 valence electrons. The molecule has 1 aromatic heterocycles. The minimum atomic E-state index is -0.217. The second-order valence-corrected chi connectivity index (χ2v) is 7.27. The van der Waals surface area contributed by atoms with Crippen molar-refractivity contribution < 1.29 is 13.9 Å². The maximum atomic E-state index is 12.7.